The van der Waals surface area contributed by atoms with Crippen LogP contribution in [0, 0.1) is 11.6 Å². The van der Waals surface area contributed by atoms with Crippen molar-refractivity contribution in [2.45, 2.75) is 0 Å². The number of ether oxygens (including phenoxy) is 2. The summed E-state index contributed by atoms with van der Waals surface area (Å²) in [5.41, 5.74) is 1.49. The molecule has 0 aliphatic carbocycles. The number of nitrogens with one attached hydrogen (secondary N) is 2. The lowest BCUT2D eigenvalue weighted by Crippen LogP contribution is -2.29. The Morgan fingerprint density at radius 2 is 2.06 bits per heavy atom. The number of halogens is 3. The zero-order valence-corrected chi connectivity index (χ0v) is 18.3. The van der Waals surface area contributed by atoms with Gasteiger partial charge in [-0.3, -0.25) is 5.10 Å². The van der Waals surface area contributed by atoms with E-state index in [9.17, 15) is 13.6 Å². The maximum absolute atomic E-state index is 14.1. The van der Waals surface area contributed by atoms with Crippen LogP contribution in [0.5, 0.6) is 11.8 Å². The van der Waals surface area contributed by atoms with Crippen molar-refractivity contribution in [2.24, 2.45) is 0 Å². The quantitative estimate of drug-likeness (QED) is 0.393. The second kappa shape index (κ2) is 9.10. The smallest absolute Gasteiger partial charge is 0.409 e. The van der Waals surface area contributed by atoms with Gasteiger partial charge in [0.1, 0.15) is 18.2 Å². The molecule has 9 nitrogen and oxygen atoms in total. The van der Waals surface area contributed by atoms with E-state index in [4.69, 9.17) is 21.1 Å². The molecule has 1 fully saturated rings. The van der Waals surface area contributed by atoms with Crippen molar-refractivity contribution in [1.29, 1.82) is 0 Å². The lowest BCUT2D eigenvalue weighted by molar-refractivity contribution is 0.159. The average molecular weight is 487 g/mol. The number of amides is 1. The molecule has 2 aromatic carbocycles. The van der Waals surface area contributed by atoms with Gasteiger partial charge in [0.2, 0.25) is 0 Å². The summed E-state index contributed by atoms with van der Waals surface area (Å²) in [6.45, 7) is 1.54. The molecular formula is C22H17ClF2N6O3. The highest BCUT2D eigenvalue weighted by atomic mass is 35.5. The average Bonchev–Trinajstić information content (AvgIpc) is 3.42. The Balaban J connectivity index is 1.52. The summed E-state index contributed by atoms with van der Waals surface area (Å²) in [4.78, 5) is 21.9. The molecule has 0 bridgehead atoms. The first-order valence-electron chi connectivity index (χ1n) is 10.3. The van der Waals surface area contributed by atoms with E-state index in [1.807, 2.05) is 12.1 Å². The van der Waals surface area contributed by atoms with Crippen molar-refractivity contribution >= 4 is 34.5 Å². The van der Waals surface area contributed by atoms with Gasteiger partial charge in [-0.05, 0) is 18.2 Å². The van der Waals surface area contributed by atoms with Crippen molar-refractivity contribution in [2.75, 3.05) is 31.6 Å². The van der Waals surface area contributed by atoms with Crippen LogP contribution in [0.2, 0.25) is 5.02 Å². The van der Waals surface area contributed by atoms with Crippen LogP contribution in [0.1, 0.15) is 0 Å². The third-order valence-electron chi connectivity index (χ3n) is 5.15. The molecule has 0 spiro atoms. The molecule has 34 heavy (non-hydrogen) atoms. The molecule has 174 valence electrons. The van der Waals surface area contributed by atoms with Gasteiger partial charge in [0, 0.05) is 29.7 Å². The third kappa shape index (κ3) is 4.29. The molecule has 5 rings (SSSR count). The van der Waals surface area contributed by atoms with E-state index in [1.165, 1.54) is 0 Å². The summed E-state index contributed by atoms with van der Waals surface area (Å²) in [5, 5.41) is 11.3. The zero-order valence-electron chi connectivity index (χ0n) is 17.5. The number of anilines is 1. The number of carbonyl (C=O) groups is 1. The molecule has 3 heterocycles. The van der Waals surface area contributed by atoms with Crippen LogP contribution in [0.15, 0.2) is 42.5 Å². The Morgan fingerprint density at radius 1 is 1.21 bits per heavy atom. The number of carbonyl (C=O) groups excluding carboxylic acids is 1. The van der Waals surface area contributed by atoms with E-state index in [0.29, 0.717) is 59.8 Å². The number of nitrogens with zero attached hydrogens (tertiary/aromatic N) is 4. The number of H-pyrrole nitrogens is 1. The standard InChI is InChI=1S/C22H17ClF2N6O3/c23-14-4-2-1-3-13(14)18-17-19(26-7-8-31-9-10-33-22(31)32)27-21(28-20(17)30-29-18)34-16-6-5-12(24)11-15(16)25/h1-6,11H,7-10H2,(H2,26,27,28,29,30). The van der Waals surface area contributed by atoms with Gasteiger partial charge in [0.25, 0.3) is 0 Å². The van der Waals surface area contributed by atoms with Gasteiger partial charge in [-0.15, -0.1) is 0 Å². The molecule has 0 atom stereocenters. The van der Waals surface area contributed by atoms with E-state index in [2.05, 4.69) is 25.5 Å². The minimum atomic E-state index is -0.899. The topological polar surface area (TPSA) is 105 Å². The first-order valence-corrected chi connectivity index (χ1v) is 10.7. The van der Waals surface area contributed by atoms with E-state index in [1.54, 1.807) is 17.0 Å². The van der Waals surface area contributed by atoms with Crippen LogP contribution in [-0.4, -0.2) is 57.4 Å². The number of aromatic nitrogens is 4. The van der Waals surface area contributed by atoms with E-state index in [-0.39, 0.29) is 23.5 Å². The molecule has 0 saturated carbocycles. The van der Waals surface area contributed by atoms with Crippen molar-refractivity contribution in [1.82, 2.24) is 25.1 Å². The van der Waals surface area contributed by atoms with Crippen molar-refractivity contribution in [3.8, 4) is 23.0 Å². The van der Waals surface area contributed by atoms with Crippen molar-refractivity contribution in [3.05, 3.63) is 59.1 Å². The first kappa shape index (κ1) is 21.8. The summed E-state index contributed by atoms with van der Waals surface area (Å²) < 4.78 is 37.8. The SMILES string of the molecule is O=C1OCCN1CCNc1nc(Oc2ccc(F)cc2F)nc2n[nH]c(-c3ccccc3Cl)c12. The van der Waals surface area contributed by atoms with E-state index < -0.39 is 11.6 Å². The summed E-state index contributed by atoms with van der Waals surface area (Å²) in [7, 11) is 0. The van der Waals surface area contributed by atoms with Gasteiger partial charge in [0.05, 0.1) is 17.6 Å². The van der Waals surface area contributed by atoms with Gasteiger partial charge in [0.15, 0.2) is 17.2 Å². The first-order chi connectivity index (χ1) is 16.5. The van der Waals surface area contributed by atoms with Gasteiger partial charge in [-0.25, -0.2) is 13.6 Å². The summed E-state index contributed by atoms with van der Waals surface area (Å²) >= 11 is 6.38. The highest BCUT2D eigenvalue weighted by Crippen LogP contribution is 2.35. The molecule has 12 heteroatoms. The van der Waals surface area contributed by atoms with Gasteiger partial charge < -0.3 is 19.7 Å². The summed E-state index contributed by atoms with van der Waals surface area (Å²) in [6, 6.07) is 9.90. The lowest BCUT2D eigenvalue weighted by atomic mass is 10.1. The predicted molar refractivity (Wildman–Crippen MR) is 120 cm³/mol. The Morgan fingerprint density at radius 3 is 2.82 bits per heavy atom. The van der Waals surface area contributed by atoms with Crippen LogP contribution in [0.25, 0.3) is 22.3 Å². The third-order valence-corrected chi connectivity index (χ3v) is 5.48. The Bertz CT molecular complexity index is 1380. The number of benzene rings is 2. The van der Waals surface area contributed by atoms with Crippen LogP contribution >= 0.6 is 11.6 Å². The van der Waals surface area contributed by atoms with Crippen molar-refractivity contribution in [3.63, 3.8) is 0 Å². The fourth-order valence-corrected chi connectivity index (χ4v) is 3.76. The molecule has 2 aromatic heterocycles. The normalized spacial score (nSPS) is 13.4. The molecule has 2 N–H and O–H groups in total. The van der Waals surface area contributed by atoms with Crippen molar-refractivity contribution < 1.29 is 23.0 Å². The molecule has 4 aromatic rings. The van der Waals surface area contributed by atoms with Gasteiger partial charge in [-0.1, -0.05) is 29.8 Å². The number of hydrogen-bond donors (Lipinski definition) is 2. The van der Waals surface area contributed by atoms with Gasteiger partial charge >= 0.3 is 12.1 Å². The van der Waals surface area contributed by atoms with E-state index >= 15 is 0 Å². The number of cyclic esters (lactones) is 1. The van der Waals surface area contributed by atoms with Crippen LogP contribution in [0.3, 0.4) is 0 Å². The fraction of sp³-hybridized carbons (Fsp3) is 0.182. The molecular weight excluding hydrogens is 470 g/mol. The Kier molecular flexibility index (Phi) is 5.84. The highest BCUT2D eigenvalue weighted by molar-refractivity contribution is 6.33. The monoisotopic (exact) mass is 486 g/mol. The zero-order chi connectivity index (χ0) is 23.7. The molecule has 1 amide bonds. The number of fused-ring (bicyclic) bond motifs is 1. The minimum absolute atomic E-state index is 0.196. The summed E-state index contributed by atoms with van der Waals surface area (Å²) in [5.74, 6) is -1.54. The highest BCUT2D eigenvalue weighted by Gasteiger charge is 2.23. The van der Waals surface area contributed by atoms with Crippen LogP contribution < -0.4 is 10.1 Å². The molecule has 1 saturated heterocycles. The summed E-state index contributed by atoms with van der Waals surface area (Å²) in [6.07, 6.45) is -0.384. The molecule has 0 radical (unpaired) electrons. The molecule has 1 aliphatic rings. The maximum Gasteiger partial charge on any atom is 0.409 e. The Hall–Kier alpha value is -3.99. The number of hydrogen-bond acceptors (Lipinski definition) is 7. The minimum Gasteiger partial charge on any atom is -0.448 e. The predicted octanol–water partition coefficient (Wildman–Crippen LogP) is 4.61. The van der Waals surface area contributed by atoms with Crippen LogP contribution in [0.4, 0.5) is 19.4 Å². The van der Waals surface area contributed by atoms with E-state index in [0.717, 1.165) is 12.1 Å². The lowest BCUT2D eigenvalue weighted by Gasteiger charge is -2.14. The van der Waals surface area contributed by atoms with Gasteiger partial charge in [-0.2, -0.15) is 15.1 Å². The molecule has 1 aliphatic heterocycles. The second-order valence-corrected chi connectivity index (χ2v) is 7.74. The molecule has 0 unspecified atom stereocenters. The van der Waals surface area contributed by atoms with Crippen LogP contribution in [-0.2, 0) is 4.74 Å². The number of aromatic amines is 1. The largest absolute Gasteiger partial charge is 0.448 e. The maximum atomic E-state index is 14.1. The Labute approximate surface area is 196 Å². The second-order valence-electron chi connectivity index (χ2n) is 7.34. The number of rotatable bonds is 7. The fourth-order valence-electron chi connectivity index (χ4n) is 3.53.